The number of carbonyl (C=O) groups excluding carboxylic acids is 1. The Bertz CT molecular complexity index is 963. The minimum atomic E-state index is -0.977. The van der Waals surface area contributed by atoms with Crippen LogP contribution in [-0.4, -0.2) is 35.2 Å². The van der Waals surface area contributed by atoms with Gasteiger partial charge in [0.25, 0.3) is 0 Å². The maximum atomic E-state index is 12.7. The van der Waals surface area contributed by atoms with E-state index in [1.54, 1.807) is 0 Å². The average Bonchev–Trinajstić information content (AvgIpc) is 3.04. The predicted octanol–water partition coefficient (Wildman–Crippen LogP) is 4.19. The molecule has 2 heterocycles. The monoisotopic (exact) mass is 413 g/mol. The summed E-state index contributed by atoms with van der Waals surface area (Å²) in [4.78, 5) is 26.0. The van der Waals surface area contributed by atoms with E-state index >= 15 is 0 Å². The summed E-state index contributed by atoms with van der Waals surface area (Å²) >= 11 is 1.29. The minimum absolute atomic E-state index is 0.0552. The maximum Gasteiger partial charge on any atom is 0.407 e. The molecule has 0 saturated heterocycles. The minimum Gasteiger partial charge on any atom is -0.494 e. The first-order valence-corrected chi connectivity index (χ1v) is 10.3. The number of thiophene rings is 1. The van der Waals surface area contributed by atoms with Gasteiger partial charge in [0.05, 0.1) is 18.7 Å². The lowest BCUT2D eigenvalue weighted by Gasteiger charge is -2.23. The Hall–Kier alpha value is -3.05. The third-order valence-corrected chi connectivity index (χ3v) is 6.07. The van der Waals surface area contributed by atoms with Gasteiger partial charge in [0.1, 0.15) is 16.8 Å². The Kier molecular flexibility index (Phi) is 6.39. The van der Waals surface area contributed by atoms with E-state index in [0.717, 1.165) is 21.8 Å². The molecule has 0 bridgehead atoms. The molecule has 0 spiro atoms. The van der Waals surface area contributed by atoms with Crippen molar-refractivity contribution in [3.63, 3.8) is 0 Å². The van der Waals surface area contributed by atoms with Gasteiger partial charge in [-0.05, 0) is 36.5 Å². The summed E-state index contributed by atoms with van der Waals surface area (Å²) in [7, 11) is 0. The molecule has 2 N–H and O–H groups in total. The van der Waals surface area contributed by atoms with Gasteiger partial charge in [0, 0.05) is 17.8 Å². The smallest absolute Gasteiger partial charge is 0.407 e. The fraction of sp³-hybridized carbons (Fsp3) is 0.381. The van der Waals surface area contributed by atoms with Crippen LogP contribution < -0.4 is 10.1 Å². The van der Waals surface area contributed by atoms with Crippen LogP contribution in [-0.2, 0) is 17.8 Å². The van der Waals surface area contributed by atoms with E-state index in [0.29, 0.717) is 30.1 Å². The standard InChI is InChI=1S/C21H23N3O4S/c1-3-28-17-7-5-4-6-14(17)13(2)10-19(25)23-20-16(11-22)15-8-9-24(21(26)27)12-18(15)29-20/h4-7,13H,3,8-10,12H2,1-2H3,(H,23,25)(H,26,27)/t13-/m0/s1. The summed E-state index contributed by atoms with van der Waals surface area (Å²) < 4.78 is 5.65. The van der Waals surface area contributed by atoms with Gasteiger partial charge in [0.15, 0.2) is 0 Å². The SMILES string of the molecule is CCOc1ccccc1[C@@H](C)CC(=O)Nc1sc2c(c1C#N)CCN(C(=O)O)C2. The number of nitriles is 1. The Morgan fingerprint density at radius 3 is 2.86 bits per heavy atom. The number of anilines is 1. The second-order valence-electron chi connectivity index (χ2n) is 6.90. The molecule has 1 atom stereocenters. The number of carbonyl (C=O) groups is 2. The molecule has 29 heavy (non-hydrogen) atoms. The summed E-state index contributed by atoms with van der Waals surface area (Å²) in [6.45, 7) is 5.04. The zero-order valence-corrected chi connectivity index (χ0v) is 17.2. The van der Waals surface area contributed by atoms with Crippen LogP contribution >= 0.6 is 11.3 Å². The van der Waals surface area contributed by atoms with Gasteiger partial charge in [-0.1, -0.05) is 25.1 Å². The van der Waals surface area contributed by atoms with Crippen molar-refractivity contribution in [1.82, 2.24) is 4.90 Å². The molecule has 0 radical (unpaired) electrons. The zero-order chi connectivity index (χ0) is 21.0. The number of hydrogen-bond donors (Lipinski definition) is 2. The number of hydrogen-bond acceptors (Lipinski definition) is 5. The molecule has 1 aliphatic heterocycles. The highest BCUT2D eigenvalue weighted by molar-refractivity contribution is 7.16. The zero-order valence-electron chi connectivity index (χ0n) is 16.4. The van der Waals surface area contributed by atoms with Gasteiger partial charge in [-0.25, -0.2) is 4.79 Å². The third kappa shape index (κ3) is 4.51. The summed E-state index contributed by atoms with van der Waals surface area (Å²) in [6.07, 6.45) is -0.247. The van der Waals surface area contributed by atoms with Crippen molar-refractivity contribution < 1.29 is 19.4 Å². The maximum absolute atomic E-state index is 12.7. The molecule has 1 aliphatic rings. The average molecular weight is 413 g/mol. The van der Waals surface area contributed by atoms with Crippen LogP contribution in [0.4, 0.5) is 9.80 Å². The van der Waals surface area contributed by atoms with Crippen molar-refractivity contribution in [3.8, 4) is 11.8 Å². The van der Waals surface area contributed by atoms with Crippen molar-refractivity contribution in [3.05, 3.63) is 45.8 Å². The number of benzene rings is 1. The van der Waals surface area contributed by atoms with Gasteiger partial charge in [0.2, 0.25) is 5.91 Å². The molecule has 1 aromatic carbocycles. The molecule has 0 aliphatic carbocycles. The van der Waals surface area contributed by atoms with Crippen LogP contribution in [0.1, 0.15) is 47.8 Å². The highest BCUT2D eigenvalue weighted by atomic mass is 32.1. The molecule has 3 rings (SSSR count). The molecule has 0 unspecified atom stereocenters. The van der Waals surface area contributed by atoms with Crippen LogP contribution in [0.2, 0.25) is 0 Å². The van der Waals surface area contributed by atoms with Crippen molar-refractivity contribution >= 4 is 28.3 Å². The van der Waals surface area contributed by atoms with Crippen molar-refractivity contribution in [1.29, 1.82) is 5.26 Å². The molecular formula is C21H23N3O4S. The topological polar surface area (TPSA) is 103 Å². The van der Waals surface area contributed by atoms with Gasteiger partial charge < -0.3 is 20.1 Å². The number of carboxylic acid groups (broad SMARTS) is 1. The van der Waals surface area contributed by atoms with Crippen molar-refractivity contribution in [2.45, 2.75) is 39.2 Å². The second-order valence-corrected chi connectivity index (χ2v) is 8.00. The lowest BCUT2D eigenvalue weighted by molar-refractivity contribution is -0.116. The quantitative estimate of drug-likeness (QED) is 0.739. The summed E-state index contributed by atoms with van der Waals surface area (Å²) in [6, 6.07) is 9.84. The molecule has 2 amide bonds. The normalized spacial score (nSPS) is 13.9. The molecule has 8 heteroatoms. The molecular weight excluding hydrogens is 390 g/mol. The molecule has 2 aromatic rings. The lowest BCUT2D eigenvalue weighted by atomic mass is 9.96. The third-order valence-electron chi connectivity index (χ3n) is 4.93. The van der Waals surface area contributed by atoms with Crippen LogP contribution in [0, 0.1) is 11.3 Å². The fourth-order valence-corrected chi connectivity index (χ4v) is 4.74. The van der Waals surface area contributed by atoms with Crippen LogP contribution in [0.15, 0.2) is 24.3 Å². The first kappa shape index (κ1) is 20.7. The van der Waals surface area contributed by atoms with Crippen LogP contribution in [0.3, 0.4) is 0 Å². The lowest BCUT2D eigenvalue weighted by Crippen LogP contribution is -2.34. The van der Waals surface area contributed by atoms with E-state index < -0.39 is 6.09 Å². The number of nitrogens with one attached hydrogen (secondary N) is 1. The van der Waals surface area contributed by atoms with Crippen LogP contribution in [0.25, 0.3) is 0 Å². The molecule has 0 saturated carbocycles. The van der Waals surface area contributed by atoms with Gasteiger partial charge >= 0.3 is 6.09 Å². The first-order valence-electron chi connectivity index (χ1n) is 9.48. The van der Waals surface area contributed by atoms with Gasteiger partial charge in [-0.15, -0.1) is 11.3 Å². The Labute approximate surface area is 173 Å². The van der Waals surface area contributed by atoms with E-state index in [2.05, 4.69) is 11.4 Å². The Morgan fingerprint density at radius 2 is 2.17 bits per heavy atom. The second kappa shape index (κ2) is 8.97. The van der Waals surface area contributed by atoms with E-state index in [-0.39, 0.29) is 24.8 Å². The number of amides is 2. The number of fused-ring (bicyclic) bond motifs is 1. The number of para-hydroxylation sites is 1. The van der Waals surface area contributed by atoms with Gasteiger partial charge in [-0.3, -0.25) is 4.79 Å². The summed E-state index contributed by atoms with van der Waals surface area (Å²) in [5.74, 6) is 0.530. The van der Waals surface area contributed by atoms with Crippen LogP contribution in [0.5, 0.6) is 5.75 Å². The number of nitrogens with zero attached hydrogens (tertiary/aromatic N) is 2. The Morgan fingerprint density at radius 1 is 1.41 bits per heavy atom. The fourth-order valence-electron chi connectivity index (χ4n) is 3.51. The molecule has 152 valence electrons. The van der Waals surface area contributed by atoms with Crippen molar-refractivity contribution in [2.75, 3.05) is 18.5 Å². The number of ether oxygens (including phenoxy) is 1. The van der Waals surface area contributed by atoms with E-state index in [4.69, 9.17) is 4.74 Å². The largest absolute Gasteiger partial charge is 0.494 e. The van der Waals surface area contributed by atoms with E-state index in [1.807, 2.05) is 38.1 Å². The van der Waals surface area contributed by atoms with E-state index in [1.165, 1.54) is 16.2 Å². The summed E-state index contributed by atoms with van der Waals surface area (Å²) in [5.41, 5.74) is 2.26. The highest BCUT2D eigenvalue weighted by Crippen LogP contribution is 2.37. The number of rotatable bonds is 6. The Balaban J connectivity index is 1.73. The highest BCUT2D eigenvalue weighted by Gasteiger charge is 2.27. The molecule has 7 nitrogen and oxygen atoms in total. The first-order chi connectivity index (χ1) is 13.9. The summed E-state index contributed by atoms with van der Waals surface area (Å²) in [5, 5.41) is 22.1. The predicted molar refractivity (Wildman–Crippen MR) is 110 cm³/mol. The molecule has 0 fully saturated rings. The van der Waals surface area contributed by atoms with Crippen molar-refractivity contribution in [2.24, 2.45) is 0 Å². The van der Waals surface area contributed by atoms with E-state index in [9.17, 15) is 20.0 Å². The van der Waals surface area contributed by atoms with Gasteiger partial charge in [-0.2, -0.15) is 5.26 Å². The molecule has 1 aromatic heterocycles.